The van der Waals surface area contributed by atoms with Crippen molar-refractivity contribution in [3.63, 3.8) is 0 Å². The second kappa shape index (κ2) is 9.15. The number of rotatable bonds is 11. The Hall–Kier alpha value is -1.18. The number of aryl methyl sites for hydroxylation is 1. The first kappa shape index (κ1) is 21.1. The normalized spacial score (nSPS) is 16.0. The summed E-state index contributed by atoms with van der Waals surface area (Å²) in [5.41, 5.74) is 3.27. The molecule has 0 saturated heterocycles. The lowest BCUT2D eigenvalue weighted by Gasteiger charge is -2.18. The Morgan fingerprint density at radius 3 is 2.19 bits per heavy atom. The predicted octanol–water partition coefficient (Wildman–Crippen LogP) is 7.15. The van der Waals surface area contributed by atoms with Crippen LogP contribution in [0.25, 0.3) is 0 Å². The van der Waals surface area contributed by atoms with Gasteiger partial charge in [0.1, 0.15) is 0 Å². The lowest BCUT2D eigenvalue weighted by Crippen LogP contribution is -2.04. The molecule has 26 heavy (non-hydrogen) atoms. The fraction of sp³-hybridized carbons (Fsp3) is 0.750. The summed E-state index contributed by atoms with van der Waals surface area (Å²) in [6.07, 6.45) is 14.6. The van der Waals surface area contributed by atoms with Crippen molar-refractivity contribution in [3.05, 3.63) is 23.3 Å². The molecule has 2 N–H and O–H groups in total. The minimum absolute atomic E-state index is 0.0279. The maximum atomic E-state index is 10.3. The molecule has 0 amide bonds. The van der Waals surface area contributed by atoms with Crippen LogP contribution in [0.2, 0.25) is 0 Å². The van der Waals surface area contributed by atoms with Gasteiger partial charge in [-0.15, -0.1) is 0 Å². The van der Waals surface area contributed by atoms with Crippen molar-refractivity contribution in [2.45, 2.75) is 105 Å². The van der Waals surface area contributed by atoms with Crippen LogP contribution < -0.4 is 0 Å². The van der Waals surface area contributed by atoms with Crippen molar-refractivity contribution in [2.24, 2.45) is 10.8 Å². The Balaban J connectivity index is 1.78. The van der Waals surface area contributed by atoms with Gasteiger partial charge in [0.25, 0.3) is 0 Å². The van der Waals surface area contributed by atoms with Gasteiger partial charge in [0.05, 0.1) is 0 Å². The molecule has 1 aliphatic rings. The fourth-order valence-electron chi connectivity index (χ4n) is 3.82. The Morgan fingerprint density at radius 1 is 0.885 bits per heavy atom. The molecule has 148 valence electrons. The maximum Gasteiger partial charge on any atom is 0.160 e. The molecule has 1 aromatic carbocycles. The summed E-state index contributed by atoms with van der Waals surface area (Å²) in [7, 11) is 0. The van der Waals surface area contributed by atoms with Crippen molar-refractivity contribution < 1.29 is 10.2 Å². The molecule has 0 unspecified atom stereocenters. The summed E-state index contributed by atoms with van der Waals surface area (Å²) in [5.74, 6) is 0.143. The van der Waals surface area contributed by atoms with Gasteiger partial charge in [0.15, 0.2) is 11.5 Å². The Labute approximate surface area is 161 Å². The monoisotopic (exact) mass is 360 g/mol. The quantitative estimate of drug-likeness (QED) is 0.325. The van der Waals surface area contributed by atoms with Crippen molar-refractivity contribution in [2.75, 3.05) is 0 Å². The van der Waals surface area contributed by atoms with Gasteiger partial charge < -0.3 is 10.2 Å². The molecule has 1 aromatic rings. The average Bonchev–Trinajstić information content (AvgIpc) is 3.29. The second-order valence-corrected chi connectivity index (χ2v) is 10.1. The predicted molar refractivity (Wildman–Crippen MR) is 111 cm³/mol. The van der Waals surface area contributed by atoms with Crippen LogP contribution in [0.3, 0.4) is 0 Å². The Bertz CT molecular complexity index is 564. The van der Waals surface area contributed by atoms with E-state index in [9.17, 15) is 10.2 Å². The number of aromatic hydroxyl groups is 2. The number of phenolic OH excluding ortho intramolecular Hbond substituents is 2. The Morgan fingerprint density at radius 2 is 1.54 bits per heavy atom. The van der Waals surface area contributed by atoms with E-state index in [-0.39, 0.29) is 11.5 Å². The summed E-state index contributed by atoms with van der Waals surface area (Å²) in [5, 5.41) is 20.2. The molecule has 0 aliphatic heterocycles. The lowest BCUT2D eigenvalue weighted by molar-refractivity contribution is 0.357. The molecule has 1 fully saturated rings. The smallest absolute Gasteiger partial charge is 0.160 e. The molecule has 2 rings (SSSR count). The molecule has 2 nitrogen and oxygen atoms in total. The highest BCUT2D eigenvalue weighted by Crippen LogP contribution is 2.49. The molecule has 0 atom stereocenters. The van der Waals surface area contributed by atoms with E-state index in [1.54, 1.807) is 6.07 Å². The third-order valence-electron chi connectivity index (χ3n) is 6.04. The van der Waals surface area contributed by atoms with Crippen molar-refractivity contribution in [1.29, 1.82) is 0 Å². The van der Waals surface area contributed by atoms with E-state index in [0.29, 0.717) is 10.8 Å². The van der Waals surface area contributed by atoms with Crippen LogP contribution in [0, 0.1) is 10.8 Å². The van der Waals surface area contributed by atoms with E-state index in [1.807, 2.05) is 6.07 Å². The molecule has 0 spiro atoms. The highest BCUT2D eigenvalue weighted by molar-refractivity contribution is 5.49. The number of hydrogen-bond donors (Lipinski definition) is 2. The summed E-state index contributed by atoms with van der Waals surface area (Å²) in [4.78, 5) is 0. The maximum absolute atomic E-state index is 10.3. The molecule has 0 bridgehead atoms. The number of unbranched alkanes of at least 4 members (excludes halogenated alkanes) is 4. The van der Waals surface area contributed by atoms with Crippen LogP contribution in [-0.4, -0.2) is 10.2 Å². The van der Waals surface area contributed by atoms with Gasteiger partial charge in [0.2, 0.25) is 0 Å². The van der Waals surface area contributed by atoms with Gasteiger partial charge in [-0.05, 0) is 73.8 Å². The number of benzene rings is 1. The van der Waals surface area contributed by atoms with E-state index in [1.165, 1.54) is 63.4 Å². The van der Waals surface area contributed by atoms with Crippen LogP contribution in [0.5, 0.6) is 11.5 Å². The van der Waals surface area contributed by atoms with Gasteiger partial charge in [-0.25, -0.2) is 0 Å². The van der Waals surface area contributed by atoms with Crippen LogP contribution in [0.4, 0.5) is 0 Å². The summed E-state index contributed by atoms with van der Waals surface area (Å²) >= 11 is 0. The minimum atomic E-state index is 0.0279. The number of hydrogen-bond acceptors (Lipinski definition) is 2. The second-order valence-electron chi connectivity index (χ2n) is 10.1. The number of phenols is 2. The molecular formula is C24H40O2. The zero-order valence-corrected chi connectivity index (χ0v) is 17.5. The minimum Gasteiger partial charge on any atom is -0.504 e. The molecule has 0 heterocycles. The first-order chi connectivity index (χ1) is 12.2. The van der Waals surface area contributed by atoms with Gasteiger partial charge in [0, 0.05) is 5.56 Å². The van der Waals surface area contributed by atoms with Crippen LogP contribution in [-0.2, 0) is 12.8 Å². The van der Waals surface area contributed by atoms with E-state index < -0.39 is 0 Å². The molecular weight excluding hydrogens is 320 g/mol. The van der Waals surface area contributed by atoms with Gasteiger partial charge >= 0.3 is 0 Å². The van der Waals surface area contributed by atoms with Crippen LogP contribution in [0.15, 0.2) is 12.1 Å². The summed E-state index contributed by atoms with van der Waals surface area (Å²) in [6, 6.07) is 3.67. The van der Waals surface area contributed by atoms with E-state index >= 15 is 0 Å². The largest absolute Gasteiger partial charge is 0.504 e. The van der Waals surface area contributed by atoms with E-state index in [0.717, 1.165) is 24.8 Å². The average molecular weight is 361 g/mol. The van der Waals surface area contributed by atoms with Crippen molar-refractivity contribution in [3.8, 4) is 11.5 Å². The third kappa shape index (κ3) is 7.21. The van der Waals surface area contributed by atoms with Gasteiger partial charge in [-0.1, -0.05) is 59.4 Å². The first-order valence-electron chi connectivity index (χ1n) is 10.7. The molecule has 0 radical (unpaired) electrons. The Kier molecular flexibility index (Phi) is 7.43. The molecule has 1 saturated carbocycles. The zero-order chi connectivity index (χ0) is 19.2. The first-order valence-corrected chi connectivity index (χ1v) is 10.7. The third-order valence-corrected chi connectivity index (χ3v) is 6.04. The summed E-state index contributed by atoms with van der Waals surface area (Å²) in [6.45, 7) is 9.27. The van der Waals surface area contributed by atoms with Crippen LogP contribution in [0.1, 0.15) is 103 Å². The van der Waals surface area contributed by atoms with Gasteiger partial charge in [-0.2, -0.15) is 0 Å². The molecule has 0 aromatic heterocycles. The fourth-order valence-corrected chi connectivity index (χ4v) is 3.82. The SMILES string of the molecule is CC(C)(C)CCCCCc1c(CCCCCC2(C)CC2)ccc(O)c1O. The van der Waals surface area contributed by atoms with E-state index in [4.69, 9.17) is 0 Å². The zero-order valence-electron chi connectivity index (χ0n) is 17.5. The lowest BCUT2D eigenvalue weighted by atomic mass is 9.89. The highest BCUT2D eigenvalue weighted by atomic mass is 16.3. The van der Waals surface area contributed by atoms with Crippen molar-refractivity contribution >= 4 is 0 Å². The standard InChI is InChI=1S/C24H40O2/c1-23(2,3)15-9-6-8-12-20-19(13-14-21(25)22(20)26)11-7-5-10-16-24(4)17-18-24/h13-14,25-26H,5-12,15-18H2,1-4H3. The van der Waals surface area contributed by atoms with Gasteiger partial charge in [-0.3, -0.25) is 0 Å². The topological polar surface area (TPSA) is 40.5 Å². The highest BCUT2D eigenvalue weighted by Gasteiger charge is 2.35. The molecule has 1 aliphatic carbocycles. The summed E-state index contributed by atoms with van der Waals surface area (Å²) < 4.78 is 0. The van der Waals surface area contributed by atoms with E-state index in [2.05, 4.69) is 27.7 Å². The molecule has 2 heteroatoms. The van der Waals surface area contributed by atoms with Crippen molar-refractivity contribution in [1.82, 2.24) is 0 Å². The van der Waals surface area contributed by atoms with Crippen LogP contribution >= 0.6 is 0 Å².